The zero-order valence-corrected chi connectivity index (χ0v) is 9.41. The summed E-state index contributed by atoms with van der Waals surface area (Å²) in [4.78, 5) is 19.6. The maximum atomic E-state index is 11.3. The topological polar surface area (TPSA) is 52.1 Å². The van der Waals surface area contributed by atoms with Crippen molar-refractivity contribution in [3.05, 3.63) is 23.3 Å². The average Bonchev–Trinajstić information content (AvgIpc) is 2.24. The molecular weight excluding hydrogens is 192 g/mol. The van der Waals surface area contributed by atoms with Crippen LogP contribution in [0.1, 0.15) is 41.8 Å². The second-order valence-corrected chi connectivity index (χ2v) is 3.39. The highest BCUT2D eigenvalue weighted by molar-refractivity contribution is 5.87. The van der Waals surface area contributed by atoms with E-state index in [1.54, 1.807) is 13.0 Å². The molecule has 0 saturated carbocycles. The summed E-state index contributed by atoms with van der Waals surface area (Å²) in [6.07, 6.45) is 3.05. The molecule has 0 amide bonds. The van der Waals surface area contributed by atoms with Gasteiger partial charge in [-0.1, -0.05) is 13.3 Å². The van der Waals surface area contributed by atoms with Crippen LogP contribution in [0, 0.1) is 6.92 Å². The van der Waals surface area contributed by atoms with Gasteiger partial charge in [-0.2, -0.15) is 0 Å². The van der Waals surface area contributed by atoms with Crippen molar-refractivity contribution in [2.45, 2.75) is 33.1 Å². The lowest BCUT2D eigenvalue weighted by molar-refractivity contribution is 0.0593. The van der Waals surface area contributed by atoms with E-state index >= 15 is 0 Å². The maximum Gasteiger partial charge on any atom is 0.356 e. The molecule has 1 rings (SSSR count). The summed E-state index contributed by atoms with van der Waals surface area (Å²) in [5, 5.41) is 0. The molecule has 0 bridgehead atoms. The molecule has 0 unspecified atom stereocenters. The molecule has 1 aromatic heterocycles. The number of hydrogen-bond acceptors (Lipinski definition) is 4. The van der Waals surface area contributed by atoms with Crippen LogP contribution in [0.2, 0.25) is 0 Å². The summed E-state index contributed by atoms with van der Waals surface area (Å²) in [5.74, 6) is 0.210. The number of unbranched alkanes of at least 4 members (excludes halogenated alkanes) is 1. The first-order valence-corrected chi connectivity index (χ1v) is 5.10. The number of ether oxygens (including phenoxy) is 1. The van der Waals surface area contributed by atoms with Crippen molar-refractivity contribution in [3.8, 4) is 0 Å². The van der Waals surface area contributed by atoms with E-state index in [1.165, 1.54) is 7.11 Å². The van der Waals surface area contributed by atoms with Crippen LogP contribution in [-0.4, -0.2) is 23.0 Å². The molecule has 0 aliphatic carbocycles. The monoisotopic (exact) mass is 208 g/mol. The molecule has 15 heavy (non-hydrogen) atoms. The van der Waals surface area contributed by atoms with Crippen LogP contribution < -0.4 is 0 Å². The van der Waals surface area contributed by atoms with Crippen LogP contribution in [0.3, 0.4) is 0 Å². The van der Waals surface area contributed by atoms with Crippen molar-refractivity contribution in [1.82, 2.24) is 9.97 Å². The Balaban J connectivity index is 2.89. The van der Waals surface area contributed by atoms with Crippen molar-refractivity contribution in [2.24, 2.45) is 0 Å². The van der Waals surface area contributed by atoms with Gasteiger partial charge in [-0.05, 0) is 25.8 Å². The van der Waals surface area contributed by atoms with Crippen LogP contribution in [-0.2, 0) is 11.2 Å². The molecule has 4 heteroatoms. The van der Waals surface area contributed by atoms with E-state index in [4.69, 9.17) is 0 Å². The van der Waals surface area contributed by atoms with Gasteiger partial charge in [-0.15, -0.1) is 0 Å². The fourth-order valence-corrected chi connectivity index (χ4v) is 1.32. The number of aromatic nitrogens is 2. The molecule has 1 aromatic rings. The van der Waals surface area contributed by atoms with Gasteiger partial charge in [0.1, 0.15) is 5.82 Å². The minimum atomic E-state index is -0.404. The summed E-state index contributed by atoms with van der Waals surface area (Å²) in [6.45, 7) is 3.90. The Morgan fingerprint density at radius 1 is 1.47 bits per heavy atom. The standard InChI is InChI=1S/C11H16N2O2/c1-4-5-6-9-7-10(11(14)15-3)13-8(2)12-9/h7H,4-6H2,1-3H3. The largest absolute Gasteiger partial charge is 0.464 e. The van der Waals surface area contributed by atoms with E-state index in [1.807, 2.05) is 0 Å². The molecule has 0 saturated heterocycles. The highest BCUT2D eigenvalue weighted by Crippen LogP contribution is 2.06. The van der Waals surface area contributed by atoms with Crippen molar-refractivity contribution >= 4 is 5.97 Å². The fourth-order valence-electron chi connectivity index (χ4n) is 1.32. The molecule has 0 spiro atoms. The lowest BCUT2D eigenvalue weighted by Crippen LogP contribution is -2.08. The number of hydrogen-bond donors (Lipinski definition) is 0. The van der Waals surface area contributed by atoms with Crippen molar-refractivity contribution < 1.29 is 9.53 Å². The minimum absolute atomic E-state index is 0.344. The van der Waals surface area contributed by atoms with E-state index in [9.17, 15) is 4.79 Å². The third-order valence-electron chi connectivity index (χ3n) is 2.07. The van der Waals surface area contributed by atoms with Gasteiger partial charge in [0.2, 0.25) is 0 Å². The van der Waals surface area contributed by atoms with Gasteiger partial charge in [0.15, 0.2) is 5.69 Å². The zero-order valence-electron chi connectivity index (χ0n) is 9.41. The lowest BCUT2D eigenvalue weighted by atomic mass is 10.2. The quantitative estimate of drug-likeness (QED) is 0.709. The number of carbonyl (C=O) groups is 1. The Labute approximate surface area is 89.7 Å². The van der Waals surface area contributed by atoms with Gasteiger partial charge >= 0.3 is 5.97 Å². The van der Waals surface area contributed by atoms with E-state index < -0.39 is 5.97 Å². The summed E-state index contributed by atoms with van der Waals surface area (Å²) in [7, 11) is 1.35. The minimum Gasteiger partial charge on any atom is -0.464 e. The van der Waals surface area contributed by atoms with Gasteiger partial charge in [-0.25, -0.2) is 14.8 Å². The number of rotatable bonds is 4. The second kappa shape index (κ2) is 5.44. The Bertz CT molecular complexity index is 350. The molecule has 0 radical (unpaired) electrons. The van der Waals surface area contributed by atoms with Crippen LogP contribution in [0.5, 0.6) is 0 Å². The van der Waals surface area contributed by atoms with Gasteiger partial charge in [0.05, 0.1) is 7.11 Å². The molecular formula is C11H16N2O2. The van der Waals surface area contributed by atoms with Crippen LogP contribution in [0.4, 0.5) is 0 Å². The summed E-state index contributed by atoms with van der Waals surface area (Å²) < 4.78 is 4.62. The summed E-state index contributed by atoms with van der Waals surface area (Å²) in [6, 6.07) is 1.70. The van der Waals surface area contributed by atoms with Crippen molar-refractivity contribution in [3.63, 3.8) is 0 Å². The molecule has 0 atom stereocenters. The molecule has 4 nitrogen and oxygen atoms in total. The molecule has 0 fully saturated rings. The number of methoxy groups -OCH3 is 1. The van der Waals surface area contributed by atoms with Gasteiger partial charge in [-0.3, -0.25) is 0 Å². The Kier molecular flexibility index (Phi) is 4.21. The number of esters is 1. The van der Waals surface area contributed by atoms with Gasteiger partial charge < -0.3 is 4.74 Å². The van der Waals surface area contributed by atoms with Crippen molar-refractivity contribution in [1.29, 1.82) is 0 Å². The Hall–Kier alpha value is -1.45. The van der Waals surface area contributed by atoms with Gasteiger partial charge in [0.25, 0.3) is 0 Å². The molecule has 0 aliphatic rings. The van der Waals surface area contributed by atoms with Crippen LogP contribution in [0.25, 0.3) is 0 Å². The first kappa shape index (κ1) is 11.6. The second-order valence-electron chi connectivity index (χ2n) is 3.39. The molecule has 0 aliphatic heterocycles. The van der Waals surface area contributed by atoms with Crippen LogP contribution >= 0.6 is 0 Å². The van der Waals surface area contributed by atoms with E-state index in [0.29, 0.717) is 11.5 Å². The fraction of sp³-hybridized carbons (Fsp3) is 0.545. The smallest absolute Gasteiger partial charge is 0.356 e. The maximum absolute atomic E-state index is 11.3. The normalized spacial score (nSPS) is 10.1. The van der Waals surface area contributed by atoms with E-state index in [-0.39, 0.29) is 0 Å². The average molecular weight is 208 g/mol. The molecule has 0 N–H and O–H groups in total. The third-order valence-corrected chi connectivity index (χ3v) is 2.07. The predicted molar refractivity (Wildman–Crippen MR) is 56.7 cm³/mol. The summed E-state index contributed by atoms with van der Waals surface area (Å²) >= 11 is 0. The highest BCUT2D eigenvalue weighted by Gasteiger charge is 2.09. The van der Waals surface area contributed by atoms with E-state index in [0.717, 1.165) is 25.0 Å². The van der Waals surface area contributed by atoms with Crippen LogP contribution in [0.15, 0.2) is 6.07 Å². The zero-order chi connectivity index (χ0) is 11.3. The third kappa shape index (κ3) is 3.31. The SMILES string of the molecule is CCCCc1cc(C(=O)OC)nc(C)n1. The molecule has 82 valence electrons. The predicted octanol–water partition coefficient (Wildman–Crippen LogP) is 1.91. The summed E-state index contributed by atoms with van der Waals surface area (Å²) in [5.41, 5.74) is 1.25. The first-order chi connectivity index (χ1) is 7.17. The molecule has 1 heterocycles. The molecule has 0 aromatic carbocycles. The van der Waals surface area contributed by atoms with Gasteiger partial charge in [0, 0.05) is 5.69 Å². The Morgan fingerprint density at radius 3 is 2.80 bits per heavy atom. The number of nitrogens with zero attached hydrogens (tertiary/aromatic N) is 2. The highest BCUT2D eigenvalue weighted by atomic mass is 16.5. The van der Waals surface area contributed by atoms with Crippen molar-refractivity contribution in [2.75, 3.05) is 7.11 Å². The van der Waals surface area contributed by atoms with E-state index in [2.05, 4.69) is 21.6 Å². The first-order valence-electron chi connectivity index (χ1n) is 5.10. The number of carbonyl (C=O) groups excluding carboxylic acids is 1. The Morgan fingerprint density at radius 2 is 2.20 bits per heavy atom. The lowest BCUT2D eigenvalue weighted by Gasteiger charge is -2.03. The number of aryl methyl sites for hydroxylation is 2.